The minimum Gasteiger partial charge on any atom is -0.486 e. The minimum atomic E-state index is -3.45. The second kappa shape index (κ2) is 9.06. The van der Waals surface area contributed by atoms with E-state index in [1.165, 1.54) is 0 Å². The first-order valence-electron chi connectivity index (χ1n) is 10.3. The highest BCUT2D eigenvalue weighted by atomic mass is 32.2. The molecule has 2 heterocycles. The Labute approximate surface area is 177 Å². The molecule has 2 aliphatic heterocycles. The summed E-state index contributed by atoms with van der Waals surface area (Å²) in [6, 6.07) is 14.0. The number of nitrogens with one attached hydrogen (secondary N) is 1. The number of para-hydroxylation sites is 2. The van der Waals surface area contributed by atoms with E-state index in [-0.39, 0.29) is 23.3 Å². The van der Waals surface area contributed by atoms with Crippen molar-refractivity contribution < 1.29 is 22.7 Å². The van der Waals surface area contributed by atoms with E-state index < -0.39 is 10.0 Å². The fraction of sp³-hybridized carbons (Fsp3) is 0.409. The van der Waals surface area contributed by atoms with Gasteiger partial charge in [-0.05, 0) is 42.7 Å². The Kier molecular flexibility index (Phi) is 6.24. The molecule has 0 aromatic heterocycles. The number of rotatable bonds is 6. The Balaban J connectivity index is 1.29. The molecule has 0 spiro atoms. The molecule has 8 heteroatoms. The first kappa shape index (κ1) is 20.7. The van der Waals surface area contributed by atoms with Crippen LogP contribution in [0.1, 0.15) is 24.8 Å². The average Bonchev–Trinajstić information content (AvgIpc) is 2.78. The van der Waals surface area contributed by atoms with Gasteiger partial charge in [-0.1, -0.05) is 30.7 Å². The van der Waals surface area contributed by atoms with Crippen LogP contribution in [0.4, 0.5) is 0 Å². The summed E-state index contributed by atoms with van der Waals surface area (Å²) in [4.78, 5) is 12.6. The van der Waals surface area contributed by atoms with Crippen LogP contribution in [0.2, 0.25) is 0 Å². The lowest BCUT2D eigenvalue weighted by molar-refractivity contribution is -0.120. The largest absolute Gasteiger partial charge is 0.486 e. The van der Waals surface area contributed by atoms with Crippen molar-refractivity contribution in [3.63, 3.8) is 0 Å². The number of hydrogen-bond donors (Lipinski definition) is 1. The van der Waals surface area contributed by atoms with Crippen molar-refractivity contribution in [1.82, 2.24) is 9.62 Å². The van der Waals surface area contributed by atoms with Gasteiger partial charge in [-0.2, -0.15) is 4.31 Å². The Morgan fingerprint density at radius 3 is 2.43 bits per heavy atom. The van der Waals surface area contributed by atoms with Crippen molar-refractivity contribution in [1.29, 1.82) is 0 Å². The molecular weight excluding hydrogens is 404 g/mol. The molecular formula is C22H26N2O5S. The van der Waals surface area contributed by atoms with Crippen LogP contribution in [0.25, 0.3) is 0 Å². The summed E-state index contributed by atoms with van der Waals surface area (Å²) < 4.78 is 38.4. The third-order valence-electron chi connectivity index (χ3n) is 5.34. The highest BCUT2D eigenvalue weighted by molar-refractivity contribution is 7.89. The van der Waals surface area contributed by atoms with Crippen LogP contribution < -0.4 is 14.8 Å². The number of hydrogen-bond acceptors (Lipinski definition) is 5. The maximum absolute atomic E-state index is 12.7. The zero-order chi connectivity index (χ0) is 21.0. The van der Waals surface area contributed by atoms with Gasteiger partial charge in [0.15, 0.2) is 11.5 Å². The number of nitrogens with zero attached hydrogens (tertiary/aromatic N) is 1. The van der Waals surface area contributed by atoms with Crippen molar-refractivity contribution in [2.24, 2.45) is 0 Å². The summed E-state index contributed by atoms with van der Waals surface area (Å²) in [7, 11) is -3.45. The summed E-state index contributed by atoms with van der Waals surface area (Å²) in [5.41, 5.74) is 0.760. The van der Waals surface area contributed by atoms with E-state index in [9.17, 15) is 13.2 Å². The van der Waals surface area contributed by atoms with Crippen LogP contribution in [0.15, 0.2) is 53.4 Å². The van der Waals surface area contributed by atoms with Gasteiger partial charge >= 0.3 is 0 Å². The quantitative estimate of drug-likeness (QED) is 0.761. The molecule has 1 fully saturated rings. The zero-order valence-electron chi connectivity index (χ0n) is 16.7. The third-order valence-corrected chi connectivity index (χ3v) is 7.25. The van der Waals surface area contributed by atoms with Crippen molar-refractivity contribution in [2.75, 3.05) is 26.2 Å². The van der Waals surface area contributed by atoms with Crippen LogP contribution in [0.5, 0.6) is 11.5 Å². The number of fused-ring (bicyclic) bond motifs is 1. The maximum Gasteiger partial charge on any atom is 0.243 e. The molecule has 2 aromatic rings. The van der Waals surface area contributed by atoms with E-state index in [4.69, 9.17) is 9.47 Å². The van der Waals surface area contributed by atoms with Gasteiger partial charge in [0, 0.05) is 13.1 Å². The van der Waals surface area contributed by atoms with E-state index in [0.29, 0.717) is 37.7 Å². The lowest BCUT2D eigenvalue weighted by Gasteiger charge is -2.26. The topological polar surface area (TPSA) is 84.9 Å². The van der Waals surface area contributed by atoms with Crippen molar-refractivity contribution in [2.45, 2.75) is 36.7 Å². The standard InChI is InChI=1S/C22H26N2O5S/c25-22(23-15-18-16-28-20-6-2-3-7-21(20)29-18)14-17-8-10-19(11-9-17)30(26,27)24-12-4-1-5-13-24/h2-3,6-11,18H,1,4-5,12-16H2,(H,23,25)/t18-/m0/s1. The highest BCUT2D eigenvalue weighted by Gasteiger charge is 2.26. The number of piperidine rings is 1. The van der Waals surface area contributed by atoms with Gasteiger partial charge in [0.1, 0.15) is 12.7 Å². The van der Waals surface area contributed by atoms with Crippen LogP contribution in [0, 0.1) is 0 Å². The summed E-state index contributed by atoms with van der Waals surface area (Å²) in [6.45, 7) is 1.86. The van der Waals surface area contributed by atoms with Crippen molar-refractivity contribution in [3.8, 4) is 11.5 Å². The SMILES string of the molecule is O=C(Cc1ccc(S(=O)(=O)N2CCCCC2)cc1)NC[C@H]1COc2ccccc2O1. The molecule has 4 rings (SSSR count). The predicted octanol–water partition coefficient (Wildman–Crippen LogP) is 2.36. The number of carbonyl (C=O) groups excluding carboxylic acids is 1. The van der Waals surface area contributed by atoms with E-state index in [1.54, 1.807) is 28.6 Å². The zero-order valence-corrected chi connectivity index (χ0v) is 17.6. The molecule has 1 N–H and O–H groups in total. The first-order valence-corrected chi connectivity index (χ1v) is 11.7. The van der Waals surface area contributed by atoms with Gasteiger partial charge in [-0.25, -0.2) is 8.42 Å². The third kappa shape index (κ3) is 4.76. The monoisotopic (exact) mass is 430 g/mol. The van der Waals surface area contributed by atoms with Crippen molar-refractivity contribution in [3.05, 3.63) is 54.1 Å². The Morgan fingerprint density at radius 1 is 1.00 bits per heavy atom. The lowest BCUT2D eigenvalue weighted by atomic mass is 10.1. The predicted molar refractivity (Wildman–Crippen MR) is 112 cm³/mol. The number of carbonyl (C=O) groups is 1. The molecule has 2 aliphatic rings. The molecule has 0 radical (unpaired) electrons. The molecule has 2 aromatic carbocycles. The van der Waals surface area contributed by atoms with Gasteiger partial charge in [0.05, 0.1) is 17.9 Å². The summed E-state index contributed by atoms with van der Waals surface area (Å²) in [6.07, 6.45) is 2.80. The minimum absolute atomic E-state index is 0.149. The molecule has 0 aliphatic carbocycles. The number of benzene rings is 2. The first-order chi connectivity index (χ1) is 14.5. The molecule has 0 saturated carbocycles. The summed E-state index contributed by atoms with van der Waals surface area (Å²) >= 11 is 0. The molecule has 1 atom stereocenters. The molecule has 0 unspecified atom stereocenters. The lowest BCUT2D eigenvalue weighted by Crippen LogP contribution is -2.41. The van der Waals surface area contributed by atoms with E-state index in [1.807, 2.05) is 24.3 Å². The normalized spacial score (nSPS) is 19.3. The molecule has 1 amide bonds. The second-order valence-electron chi connectivity index (χ2n) is 7.59. The fourth-order valence-corrected chi connectivity index (χ4v) is 5.19. The Bertz CT molecular complexity index is 985. The number of amides is 1. The maximum atomic E-state index is 12.7. The summed E-state index contributed by atoms with van der Waals surface area (Å²) in [5, 5.41) is 2.86. The highest BCUT2D eigenvalue weighted by Crippen LogP contribution is 2.30. The molecule has 160 valence electrons. The Morgan fingerprint density at radius 2 is 1.70 bits per heavy atom. The van der Waals surface area contributed by atoms with Crippen LogP contribution in [-0.4, -0.2) is 51.0 Å². The number of sulfonamides is 1. The molecule has 1 saturated heterocycles. The van der Waals surface area contributed by atoms with Gasteiger partial charge in [-0.3, -0.25) is 4.79 Å². The average molecular weight is 431 g/mol. The Hall–Kier alpha value is -2.58. The number of ether oxygens (including phenoxy) is 2. The fourth-order valence-electron chi connectivity index (χ4n) is 3.67. The van der Waals surface area contributed by atoms with Gasteiger partial charge in [0.2, 0.25) is 15.9 Å². The van der Waals surface area contributed by atoms with Gasteiger partial charge in [0.25, 0.3) is 0 Å². The van der Waals surface area contributed by atoms with E-state index >= 15 is 0 Å². The van der Waals surface area contributed by atoms with Gasteiger partial charge in [-0.15, -0.1) is 0 Å². The van der Waals surface area contributed by atoms with Crippen LogP contribution >= 0.6 is 0 Å². The second-order valence-corrected chi connectivity index (χ2v) is 9.53. The summed E-state index contributed by atoms with van der Waals surface area (Å²) in [5.74, 6) is 1.23. The van der Waals surface area contributed by atoms with Crippen molar-refractivity contribution >= 4 is 15.9 Å². The molecule has 30 heavy (non-hydrogen) atoms. The molecule has 7 nitrogen and oxygen atoms in total. The molecule has 0 bridgehead atoms. The van der Waals surface area contributed by atoms with Gasteiger partial charge < -0.3 is 14.8 Å². The van der Waals surface area contributed by atoms with Crippen LogP contribution in [0.3, 0.4) is 0 Å². The van der Waals surface area contributed by atoms with E-state index in [2.05, 4.69) is 5.32 Å². The van der Waals surface area contributed by atoms with Crippen LogP contribution in [-0.2, 0) is 21.2 Å². The smallest absolute Gasteiger partial charge is 0.243 e. The van der Waals surface area contributed by atoms with E-state index in [0.717, 1.165) is 24.8 Å².